The summed E-state index contributed by atoms with van der Waals surface area (Å²) < 4.78 is 14.7. The van der Waals surface area contributed by atoms with Gasteiger partial charge in [-0.3, -0.25) is 15.1 Å². The number of hydrogen-bond donors (Lipinski definition) is 2. The number of nitrogens with one attached hydrogen (secondary N) is 1. The number of nitrogens with two attached hydrogens (primary N) is 1. The van der Waals surface area contributed by atoms with Crippen molar-refractivity contribution in [3.63, 3.8) is 0 Å². The smallest absolute Gasteiger partial charge is 0.322 e. The molecule has 0 spiro atoms. The third-order valence-electron chi connectivity index (χ3n) is 4.90. The van der Waals surface area contributed by atoms with Crippen LogP contribution in [0.4, 0.5) is 14.9 Å². The van der Waals surface area contributed by atoms with Crippen molar-refractivity contribution in [2.45, 2.75) is 6.54 Å². The highest BCUT2D eigenvalue weighted by Gasteiger charge is 2.26. The van der Waals surface area contributed by atoms with E-state index < -0.39 is 11.7 Å². The van der Waals surface area contributed by atoms with E-state index in [9.17, 15) is 14.0 Å². The Labute approximate surface area is 173 Å². The molecule has 1 fully saturated rings. The molecule has 0 aliphatic carbocycles. The molecule has 3 rings (SSSR count). The minimum Gasteiger partial charge on any atom is -0.322 e. The van der Waals surface area contributed by atoms with Crippen molar-refractivity contribution < 1.29 is 14.0 Å². The summed E-state index contributed by atoms with van der Waals surface area (Å²) in [5.74, 6) is 3.92. The van der Waals surface area contributed by atoms with Gasteiger partial charge in [0.15, 0.2) is 0 Å². The average Bonchev–Trinajstić information content (AvgIpc) is 2.72. The van der Waals surface area contributed by atoms with Crippen molar-refractivity contribution in [2.24, 2.45) is 5.84 Å². The molecular formula is C20H23ClFN5O2. The molecule has 7 nitrogen and oxygen atoms in total. The normalized spacial score (nSPS) is 14.6. The molecule has 1 aliphatic heterocycles. The molecule has 3 N–H and O–H groups in total. The molecule has 0 saturated carbocycles. The predicted molar refractivity (Wildman–Crippen MR) is 110 cm³/mol. The van der Waals surface area contributed by atoms with Crippen LogP contribution in [-0.2, 0) is 6.54 Å². The summed E-state index contributed by atoms with van der Waals surface area (Å²) in [4.78, 5) is 30.2. The quantitative estimate of drug-likeness (QED) is 0.453. The van der Waals surface area contributed by atoms with Gasteiger partial charge in [-0.1, -0.05) is 23.7 Å². The Kier molecular flexibility index (Phi) is 6.68. The number of likely N-dealkylation sites (N-methyl/N-ethyl adjacent to an activating group) is 1. The first-order valence-electron chi connectivity index (χ1n) is 9.19. The Balaban J connectivity index is 1.89. The lowest BCUT2D eigenvalue weighted by molar-refractivity contribution is 0.0953. The molecule has 154 valence electrons. The molecule has 9 heteroatoms. The molecule has 1 aliphatic rings. The summed E-state index contributed by atoms with van der Waals surface area (Å²) in [5, 5.41) is 0.481. The number of carbonyl (C=O) groups excluding carboxylic acids is 2. The van der Waals surface area contributed by atoms with Gasteiger partial charge in [-0.25, -0.2) is 15.0 Å². The Hall–Kier alpha value is -2.68. The van der Waals surface area contributed by atoms with Gasteiger partial charge >= 0.3 is 6.03 Å². The van der Waals surface area contributed by atoms with E-state index in [1.54, 1.807) is 29.2 Å². The van der Waals surface area contributed by atoms with E-state index in [0.717, 1.165) is 19.2 Å². The molecule has 0 bridgehead atoms. The zero-order chi connectivity index (χ0) is 21.0. The highest BCUT2D eigenvalue weighted by Crippen LogP contribution is 2.24. The summed E-state index contributed by atoms with van der Waals surface area (Å²) in [7, 11) is 2.00. The van der Waals surface area contributed by atoms with Crippen LogP contribution in [0.1, 0.15) is 15.9 Å². The SMILES string of the molecule is CN1CCN(C(=O)N(Cc2ccc(C(=O)NN)cc2F)c2cccc(Cl)c2)CC1. The van der Waals surface area contributed by atoms with Gasteiger partial charge in [0.2, 0.25) is 0 Å². The van der Waals surface area contributed by atoms with Gasteiger partial charge in [0.05, 0.1) is 6.54 Å². The number of halogens is 2. The Morgan fingerprint density at radius 1 is 1.17 bits per heavy atom. The topological polar surface area (TPSA) is 81.9 Å². The maximum Gasteiger partial charge on any atom is 0.324 e. The highest BCUT2D eigenvalue weighted by atomic mass is 35.5. The molecule has 0 atom stereocenters. The second kappa shape index (κ2) is 9.21. The largest absolute Gasteiger partial charge is 0.324 e. The van der Waals surface area contributed by atoms with Crippen LogP contribution in [0.15, 0.2) is 42.5 Å². The first-order chi connectivity index (χ1) is 13.9. The van der Waals surface area contributed by atoms with Gasteiger partial charge < -0.3 is 9.80 Å². The van der Waals surface area contributed by atoms with Gasteiger partial charge in [0.1, 0.15) is 5.82 Å². The second-order valence-electron chi connectivity index (χ2n) is 6.92. The molecule has 0 aromatic heterocycles. The van der Waals surface area contributed by atoms with E-state index in [0.29, 0.717) is 23.8 Å². The maximum absolute atomic E-state index is 14.7. The molecule has 3 amide bonds. The van der Waals surface area contributed by atoms with E-state index in [1.807, 2.05) is 12.5 Å². The van der Waals surface area contributed by atoms with Crippen molar-refractivity contribution >= 4 is 29.2 Å². The van der Waals surface area contributed by atoms with Crippen LogP contribution in [0.3, 0.4) is 0 Å². The van der Waals surface area contributed by atoms with Crippen LogP contribution in [0.2, 0.25) is 5.02 Å². The molecule has 2 aromatic rings. The van der Waals surface area contributed by atoms with Crippen molar-refractivity contribution in [3.8, 4) is 0 Å². The fourth-order valence-electron chi connectivity index (χ4n) is 3.15. The van der Waals surface area contributed by atoms with E-state index >= 15 is 0 Å². The number of carbonyl (C=O) groups is 2. The van der Waals surface area contributed by atoms with E-state index in [2.05, 4.69) is 4.90 Å². The number of urea groups is 1. The molecule has 0 unspecified atom stereocenters. The molecule has 1 saturated heterocycles. The van der Waals surface area contributed by atoms with Gasteiger partial charge in [-0.15, -0.1) is 0 Å². The van der Waals surface area contributed by atoms with Gasteiger partial charge in [-0.05, 0) is 37.4 Å². The number of hydrazine groups is 1. The van der Waals surface area contributed by atoms with Gasteiger partial charge in [0.25, 0.3) is 5.91 Å². The van der Waals surface area contributed by atoms with Gasteiger partial charge in [0, 0.05) is 48.0 Å². The lowest BCUT2D eigenvalue weighted by atomic mass is 10.1. The van der Waals surface area contributed by atoms with Crippen LogP contribution in [-0.4, -0.2) is 55.0 Å². The predicted octanol–water partition coefficient (Wildman–Crippen LogP) is 2.46. The summed E-state index contributed by atoms with van der Waals surface area (Å²) >= 11 is 6.12. The number of nitrogens with zero attached hydrogens (tertiary/aromatic N) is 3. The number of rotatable bonds is 4. The van der Waals surface area contributed by atoms with E-state index in [1.165, 1.54) is 17.0 Å². The van der Waals surface area contributed by atoms with E-state index in [4.69, 9.17) is 17.4 Å². The maximum atomic E-state index is 14.7. The van der Waals surface area contributed by atoms with Crippen molar-refractivity contribution in [1.82, 2.24) is 15.2 Å². The first-order valence-corrected chi connectivity index (χ1v) is 9.56. The number of piperazine rings is 1. The standard InChI is InChI=1S/C20H23ClFN5O2/c1-25-7-9-26(10-8-25)20(29)27(17-4-2-3-16(21)12-17)13-15-6-5-14(11-18(15)22)19(28)24-23/h2-6,11-12H,7-10,13,23H2,1H3,(H,24,28). The lowest BCUT2D eigenvalue weighted by Crippen LogP contribution is -2.52. The van der Waals surface area contributed by atoms with Gasteiger partial charge in [-0.2, -0.15) is 0 Å². The van der Waals surface area contributed by atoms with Crippen LogP contribution in [0.25, 0.3) is 0 Å². The number of benzene rings is 2. The molecule has 2 aromatic carbocycles. The van der Waals surface area contributed by atoms with Crippen molar-refractivity contribution in [2.75, 3.05) is 38.1 Å². The fourth-order valence-corrected chi connectivity index (χ4v) is 3.34. The number of nitrogen functional groups attached to an aromatic ring is 1. The van der Waals surface area contributed by atoms with Crippen LogP contribution in [0.5, 0.6) is 0 Å². The van der Waals surface area contributed by atoms with Crippen LogP contribution < -0.4 is 16.2 Å². The van der Waals surface area contributed by atoms with Crippen molar-refractivity contribution in [1.29, 1.82) is 0 Å². The van der Waals surface area contributed by atoms with Crippen molar-refractivity contribution in [3.05, 3.63) is 64.4 Å². The molecule has 1 heterocycles. The minimum absolute atomic E-state index is 0.00186. The minimum atomic E-state index is -0.593. The average molecular weight is 420 g/mol. The summed E-state index contributed by atoms with van der Waals surface area (Å²) in [6, 6.07) is 10.7. The first kappa shape index (κ1) is 21.0. The zero-order valence-electron chi connectivity index (χ0n) is 16.1. The second-order valence-corrected chi connectivity index (χ2v) is 7.36. The third kappa shape index (κ3) is 5.03. The number of anilines is 1. The molecule has 0 radical (unpaired) electrons. The monoisotopic (exact) mass is 419 g/mol. The fraction of sp³-hybridized carbons (Fsp3) is 0.300. The summed E-state index contributed by atoms with van der Waals surface area (Å²) in [5.41, 5.74) is 2.93. The zero-order valence-corrected chi connectivity index (χ0v) is 16.8. The Morgan fingerprint density at radius 3 is 2.52 bits per heavy atom. The van der Waals surface area contributed by atoms with Crippen LogP contribution in [0, 0.1) is 5.82 Å². The van der Waals surface area contributed by atoms with E-state index in [-0.39, 0.29) is 23.7 Å². The Bertz CT molecular complexity index is 902. The third-order valence-corrected chi connectivity index (χ3v) is 5.13. The Morgan fingerprint density at radius 2 is 1.90 bits per heavy atom. The number of hydrogen-bond acceptors (Lipinski definition) is 4. The number of amides is 3. The molecular weight excluding hydrogens is 397 g/mol. The lowest BCUT2D eigenvalue weighted by Gasteiger charge is -2.36. The highest BCUT2D eigenvalue weighted by molar-refractivity contribution is 6.30. The summed E-state index contributed by atoms with van der Waals surface area (Å²) in [6.45, 7) is 2.72. The summed E-state index contributed by atoms with van der Waals surface area (Å²) in [6.07, 6.45) is 0. The molecule has 29 heavy (non-hydrogen) atoms. The van der Waals surface area contributed by atoms with Crippen LogP contribution >= 0.6 is 11.6 Å².